The Labute approximate surface area is 175 Å². The highest BCUT2D eigenvalue weighted by Gasteiger charge is 2.08. The van der Waals surface area contributed by atoms with Gasteiger partial charge in [-0.25, -0.2) is 0 Å². The first-order valence-electron chi connectivity index (χ1n) is 9.59. The van der Waals surface area contributed by atoms with Crippen molar-refractivity contribution in [3.8, 4) is 0 Å². The molecule has 0 spiro atoms. The Bertz CT molecular complexity index is 480. The Balaban J connectivity index is 0.00000625. The molecule has 1 heterocycles. The molecule has 0 fully saturated rings. The first kappa shape index (κ1) is 25.1. The van der Waals surface area contributed by atoms with Crippen LogP contribution in [0.15, 0.2) is 9.52 Å². The molecule has 1 aromatic heterocycles. The molecule has 152 valence electrons. The number of halogens is 1. The lowest BCUT2D eigenvalue weighted by Gasteiger charge is -2.11. The molecule has 0 radical (unpaired) electrons. The van der Waals surface area contributed by atoms with Crippen LogP contribution in [0, 0.1) is 0 Å². The van der Waals surface area contributed by atoms with Gasteiger partial charge in [0.25, 0.3) is 0 Å². The van der Waals surface area contributed by atoms with Crippen molar-refractivity contribution in [1.29, 1.82) is 0 Å². The van der Waals surface area contributed by atoms with Crippen molar-refractivity contribution in [2.75, 3.05) is 32.8 Å². The third-order valence-electron chi connectivity index (χ3n) is 3.56. The number of nitrogens with one attached hydrogen (secondary N) is 2. The van der Waals surface area contributed by atoms with Crippen LogP contribution in [0.4, 0.5) is 0 Å². The molecule has 0 bridgehead atoms. The molecule has 0 unspecified atom stereocenters. The van der Waals surface area contributed by atoms with Crippen molar-refractivity contribution in [1.82, 2.24) is 20.8 Å². The van der Waals surface area contributed by atoms with Gasteiger partial charge in [-0.3, -0.25) is 4.99 Å². The van der Waals surface area contributed by atoms with E-state index < -0.39 is 0 Å². The summed E-state index contributed by atoms with van der Waals surface area (Å²) in [7, 11) is 0. The normalized spacial score (nSPS) is 11.5. The number of hydrogen-bond donors (Lipinski definition) is 2. The van der Waals surface area contributed by atoms with Gasteiger partial charge in [-0.15, -0.1) is 24.0 Å². The fraction of sp³-hybridized carbons (Fsp3) is 0.833. The van der Waals surface area contributed by atoms with E-state index in [1.807, 2.05) is 0 Å². The van der Waals surface area contributed by atoms with Gasteiger partial charge in [-0.05, 0) is 26.2 Å². The second kappa shape index (κ2) is 16.3. The van der Waals surface area contributed by atoms with Crippen molar-refractivity contribution in [2.45, 2.75) is 65.7 Å². The summed E-state index contributed by atoms with van der Waals surface area (Å²) >= 11 is 0. The van der Waals surface area contributed by atoms with E-state index in [0.29, 0.717) is 11.8 Å². The van der Waals surface area contributed by atoms with Crippen LogP contribution in [0.5, 0.6) is 0 Å². The molecule has 0 aliphatic rings. The lowest BCUT2D eigenvalue weighted by Crippen LogP contribution is -2.38. The largest absolute Gasteiger partial charge is 0.381 e. The first-order chi connectivity index (χ1) is 12.2. The van der Waals surface area contributed by atoms with Crippen molar-refractivity contribution < 1.29 is 9.26 Å². The highest BCUT2D eigenvalue weighted by atomic mass is 127. The van der Waals surface area contributed by atoms with Gasteiger partial charge in [-0.2, -0.15) is 4.98 Å². The predicted octanol–water partition coefficient (Wildman–Crippen LogP) is 3.51. The van der Waals surface area contributed by atoms with Crippen LogP contribution >= 0.6 is 24.0 Å². The fourth-order valence-corrected chi connectivity index (χ4v) is 2.10. The fourth-order valence-electron chi connectivity index (χ4n) is 2.10. The zero-order chi connectivity index (χ0) is 18.3. The molecule has 7 nitrogen and oxygen atoms in total. The molecule has 0 amide bonds. The number of aliphatic imine (C=N–C) groups is 1. The van der Waals surface area contributed by atoms with Crippen LogP contribution in [0.1, 0.15) is 71.0 Å². The van der Waals surface area contributed by atoms with E-state index in [4.69, 9.17) is 9.26 Å². The Morgan fingerprint density at radius 2 is 1.92 bits per heavy atom. The average Bonchev–Trinajstić information content (AvgIpc) is 3.07. The number of hydrogen-bond acceptors (Lipinski definition) is 5. The second-order valence-corrected chi connectivity index (χ2v) is 6.31. The average molecular weight is 481 g/mol. The van der Waals surface area contributed by atoms with Gasteiger partial charge in [-0.1, -0.05) is 32.3 Å². The third kappa shape index (κ3) is 11.7. The van der Waals surface area contributed by atoms with Crippen molar-refractivity contribution in [3.05, 3.63) is 11.7 Å². The Hall–Kier alpha value is -0.900. The number of unbranched alkanes of at least 4 members (excludes halogenated alkanes) is 1. The molecule has 8 heteroatoms. The van der Waals surface area contributed by atoms with Crippen LogP contribution in [0.3, 0.4) is 0 Å². The van der Waals surface area contributed by atoms with Crippen molar-refractivity contribution in [2.24, 2.45) is 4.99 Å². The molecule has 0 aliphatic carbocycles. The number of rotatable bonds is 13. The SMILES string of the molecule is CCCCOCCCNC(=NCCCc1nc(C(C)C)no1)NCC.I. The smallest absolute Gasteiger partial charge is 0.226 e. The van der Waals surface area contributed by atoms with Gasteiger partial charge in [0.05, 0.1) is 0 Å². The van der Waals surface area contributed by atoms with E-state index in [2.05, 4.69) is 53.5 Å². The topological polar surface area (TPSA) is 84.6 Å². The Morgan fingerprint density at radius 3 is 2.58 bits per heavy atom. The lowest BCUT2D eigenvalue weighted by molar-refractivity contribution is 0.129. The number of guanidine groups is 1. The highest BCUT2D eigenvalue weighted by molar-refractivity contribution is 14.0. The number of nitrogens with zero attached hydrogens (tertiary/aromatic N) is 3. The van der Waals surface area contributed by atoms with Crippen LogP contribution in [-0.2, 0) is 11.2 Å². The molecule has 0 aromatic carbocycles. The first-order valence-corrected chi connectivity index (χ1v) is 9.59. The van der Waals surface area contributed by atoms with Crippen LogP contribution < -0.4 is 10.6 Å². The molecule has 0 atom stereocenters. The zero-order valence-corrected chi connectivity index (χ0v) is 19.0. The van der Waals surface area contributed by atoms with E-state index in [9.17, 15) is 0 Å². The van der Waals surface area contributed by atoms with Gasteiger partial charge in [0.2, 0.25) is 5.89 Å². The van der Waals surface area contributed by atoms with Gasteiger partial charge >= 0.3 is 0 Å². The monoisotopic (exact) mass is 481 g/mol. The molecular weight excluding hydrogens is 445 g/mol. The van der Waals surface area contributed by atoms with E-state index in [1.54, 1.807) is 0 Å². The number of aromatic nitrogens is 2. The van der Waals surface area contributed by atoms with Gasteiger partial charge < -0.3 is 19.9 Å². The summed E-state index contributed by atoms with van der Waals surface area (Å²) in [6, 6.07) is 0. The molecule has 0 saturated carbocycles. The van der Waals surface area contributed by atoms with Gasteiger partial charge in [0.1, 0.15) is 0 Å². The van der Waals surface area contributed by atoms with Crippen LogP contribution in [-0.4, -0.2) is 48.9 Å². The number of ether oxygens (including phenoxy) is 1. The third-order valence-corrected chi connectivity index (χ3v) is 3.56. The minimum absolute atomic E-state index is 0. The molecule has 0 aliphatic heterocycles. The second-order valence-electron chi connectivity index (χ2n) is 6.31. The van der Waals surface area contributed by atoms with E-state index in [-0.39, 0.29) is 24.0 Å². The Kier molecular flexibility index (Phi) is 15.7. The van der Waals surface area contributed by atoms with Crippen LogP contribution in [0.2, 0.25) is 0 Å². The van der Waals surface area contributed by atoms with Gasteiger partial charge in [0.15, 0.2) is 11.8 Å². The van der Waals surface area contributed by atoms with Crippen molar-refractivity contribution >= 4 is 29.9 Å². The molecular formula is C18H36IN5O2. The summed E-state index contributed by atoms with van der Waals surface area (Å²) in [4.78, 5) is 8.96. The maximum atomic E-state index is 5.56. The number of aryl methyl sites for hydroxylation is 1. The highest BCUT2D eigenvalue weighted by Crippen LogP contribution is 2.10. The predicted molar refractivity (Wildman–Crippen MR) is 116 cm³/mol. The molecule has 2 N–H and O–H groups in total. The minimum atomic E-state index is 0. The van der Waals surface area contributed by atoms with E-state index >= 15 is 0 Å². The minimum Gasteiger partial charge on any atom is -0.381 e. The summed E-state index contributed by atoms with van der Waals surface area (Å²) in [5, 5.41) is 10.6. The van der Waals surface area contributed by atoms with Crippen LogP contribution in [0.25, 0.3) is 0 Å². The maximum Gasteiger partial charge on any atom is 0.226 e. The van der Waals surface area contributed by atoms with Crippen molar-refractivity contribution in [3.63, 3.8) is 0 Å². The summed E-state index contributed by atoms with van der Waals surface area (Å²) in [5.41, 5.74) is 0. The quantitative estimate of drug-likeness (QED) is 0.194. The molecule has 1 aromatic rings. The molecule has 1 rings (SSSR count). The van der Waals surface area contributed by atoms with E-state index in [1.165, 1.54) is 6.42 Å². The summed E-state index contributed by atoms with van der Waals surface area (Å²) in [6.07, 6.45) is 4.94. The van der Waals surface area contributed by atoms with Gasteiger partial charge in [0, 0.05) is 45.2 Å². The summed E-state index contributed by atoms with van der Waals surface area (Å²) in [6.45, 7) is 12.4. The standard InChI is InChI=1S/C18H35N5O2.HI/c1-5-7-13-24-14-9-12-21-18(19-6-2)20-11-8-10-16-22-17(15(3)4)23-25-16;/h15H,5-14H2,1-4H3,(H2,19,20,21);1H. The summed E-state index contributed by atoms with van der Waals surface area (Å²) < 4.78 is 10.8. The summed E-state index contributed by atoms with van der Waals surface area (Å²) in [5.74, 6) is 2.62. The lowest BCUT2D eigenvalue weighted by atomic mass is 10.2. The van der Waals surface area contributed by atoms with E-state index in [0.717, 1.165) is 70.3 Å². The zero-order valence-electron chi connectivity index (χ0n) is 16.7. The Morgan fingerprint density at radius 1 is 1.15 bits per heavy atom. The molecule has 0 saturated heterocycles. The maximum absolute atomic E-state index is 5.56. The molecule has 26 heavy (non-hydrogen) atoms.